The van der Waals surface area contributed by atoms with E-state index >= 15 is 0 Å². The molecule has 1 N–H and O–H groups in total. The number of hydrogen-bond acceptors (Lipinski definition) is 1. The monoisotopic (exact) mass is 358 g/mol. The smallest absolute Gasteiger partial charge is 0.134 e. The molecule has 4 aromatic rings. The fraction of sp³-hybridized carbons (Fsp3) is 0.143. The molecule has 0 atom stereocenters. The Morgan fingerprint density at radius 3 is 1.65 bits per heavy atom. The quantitative estimate of drug-likeness (QED) is 0.363. The van der Waals surface area contributed by atoms with Crippen LogP contribution in [0.3, 0.4) is 0 Å². The SMILES string of the molecule is Oc1c(Br)c2c3c4c(ccc5c4c4c(ccc6c4c3c1C6)C5)C2. The summed E-state index contributed by atoms with van der Waals surface area (Å²) in [4.78, 5) is 0. The number of benzene rings is 4. The first-order valence-electron chi connectivity index (χ1n) is 8.11. The molecule has 0 amide bonds. The molecule has 3 aliphatic carbocycles. The van der Waals surface area contributed by atoms with Gasteiger partial charge in [0.05, 0.1) is 4.47 Å². The van der Waals surface area contributed by atoms with Gasteiger partial charge < -0.3 is 5.11 Å². The van der Waals surface area contributed by atoms with Crippen LogP contribution in [-0.4, -0.2) is 5.11 Å². The second-order valence-corrected chi connectivity index (χ2v) is 7.96. The molecule has 0 unspecified atom stereocenters. The Hall–Kier alpha value is -2.06. The van der Waals surface area contributed by atoms with Crippen molar-refractivity contribution in [3.63, 3.8) is 0 Å². The summed E-state index contributed by atoms with van der Waals surface area (Å²) < 4.78 is 0.908. The van der Waals surface area contributed by atoms with Crippen molar-refractivity contribution >= 4 is 48.2 Å². The average molecular weight is 359 g/mol. The number of hydrogen-bond donors (Lipinski definition) is 1. The Balaban J connectivity index is 2.00. The first kappa shape index (κ1) is 11.5. The molecule has 2 heteroatoms. The number of phenolic OH excluding ortho intramolecular Hbond substituents is 1. The van der Waals surface area contributed by atoms with Gasteiger partial charge in [0, 0.05) is 12.0 Å². The maximum atomic E-state index is 10.8. The third-order valence-electron chi connectivity index (χ3n) is 6.23. The summed E-state index contributed by atoms with van der Waals surface area (Å²) in [6.07, 6.45) is 2.84. The molecule has 0 bridgehead atoms. The maximum Gasteiger partial charge on any atom is 0.134 e. The van der Waals surface area contributed by atoms with Gasteiger partial charge in [-0.1, -0.05) is 24.3 Å². The molecular formula is C21H11BrO. The van der Waals surface area contributed by atoms with Gasteiger partial charge in [-0.2, -0.15) is 0 Å². The van der Waals surface area contributed by atoms with Crippen molar-refractivity contribution in [2.75, 3.05) is 0 Å². The molecule has 4 aromatic carbocycles. The summed E-state index contributed by atoms with van der Waals surface area (Å²) >= 11 is 3.69. The summed E-state index contributed by atoms with van der Waals surface area (Å²) in [5.41, 5.74) is 8.13. The van der Waals surface area contributed by atoms with E-state index in [1.807, 2.05) is 0 Å². The van der Waals surface area contributed by atoms with Crippen LogP contribution >= 0.6 is 15.9 Å². The molecule has 0 aromatic heterocycles. The topological polar surface area (TPSA) is 20.2 Å². The summed E-state index contributed by atoms with van der Waals surface area (Å²) in [5.74, 6) is 0.457. The Morgan fingerprint density at radius 2 is 1.04 bits per heavy atom. The normalized spacial score (nSPS) is 15.7. The van der Waals surface area contributed by atoms with Gasteiger partial charge in [0.15, 0.2) is 0 Å². The molecule has 7 rings (SSSR count). The van der Waals surface area contributed by atoms with Gasteiger partial charge in [-0.25, -0.2) is 0 Å². The lowest BCUT2D eigenvalue weighted by Crippen LogP contribution is -1.89. The maximum absolute atomic E-state index is 10.8. The fourth-order valence-corrected chi connectivity index (χ4v) is 5.97. The lowest BCUT2D eigenvalue weighted by atomic mass is 9.94. The molecular weight excluding hydrogens is 348 g/mol. The Kier molecular flexibility index (Phi) is 1.62. The molecule has 0 fully saturated rings. The van der Waals surface area contributed by atoms with Gasteiger partial charge in [-0.3, -0.25) is 0 Å². The van der Waals surface area contributed by atoms with E-state index in [1.54, 1.807) is 0 Å². The molecule has 23 heavy (non-hydrogen) atoms. The summed E-state index contributed by atoms with van der Waals surface area (Å²) in [6.45, 7) is 0. The van der Waals surface area contributed by atoms with E-state index in [-0.39, 0.29) is 0 Å². The van der Waals surface area contributed by atoms with Crippen LogP contribution in [0.2, 0.25) is 0 Å². The van der Waals surface area contributed by atoms with E-state index < -0.39 is 0 Å². The van der Waals surface area contributed by atoms with Crippen LogP contribution in [0.5, 0.6) is 5.75 Å². The minimum absolute atomic E-state index is 0.457. The van der Waals surface area contributed by atoms with Crippen LogP contribution in [0.15, 0.2) is 28.7 Å². The molecule has 1 nitrogen and oxygen atoms in total. The van der Waals surface area contributed by atoms with Gasteiger partial charge in [0.25, 0.3) is 0 Å². The van der Waals surface area contributed by atoms with Gasteiger partial charge in [0.2, 0.25) is 0 Å². The van der Waals surface area contributed by atoms with Crippen molar-refractivity contribution in [3.8, 4) is 5.75 Å². The standard InChI is InChI=1S/C21H11BrO/c22-20-12-6-10-3-1-8-5-9-2-4-11-7-13(21(20)23)19-17(11)15(9)14(8)16(10)18(12)19/h1-4,23H,5-7H2. The van der Waals surface area contributed by atoms with Crippen LogP contribution in [0.25, 0.3) is 32.3 Å². The van der Waals surface area contributed by atoms with E-state index in [0.29, 0.717) is 5.75 Å². The van der Waals surface area contributed by atoms with E-state index in [1.165, 1.54) is 60.1 Å². The number of phenols is 1. The molecule has 0 heterocycles. The van der Waals surface area contributed by atoms with Crippen molar-refractivity contribution in [2.24, 2.45) is 0 Å². The molecule has 0 saturated carbocycles. The largest absolute Gasteiger partial charge is 0.506 e. The van der Waals surface area contributed by atoms with Gasteiger partial charge in [-0.15, -0.1) is 0 Å². The molecule has 0 aliphatic heterocycles. The Labute approximate surface area is 140 Å². The number of aromatic hydroxyl groups is 1. The van der Waals surface area contributed by atoms with Crippen LogP contribution in [0.1, 0.15) is 33.4 Å². The van der Waals surface area contributed by atoms with E-state index in [2.05, 4.69) is 40.2 Å². The fourth-order valence-electron chi connectivity index (χ4n) is 5.39. The minimum atomic E-state index is 0.457. The van der Waals surface area contributed by atoms with E-state index in [4.69, 9.17) is 0 Å². The predicted molar refractivity (Wildman–Crippen MR) is 96.7 cm³/mol. The highest BCUT2D eigenvalue weighted by atomic mass is 79.9. The van der Waals surface area contributed by atoms with Crippen molar-refractivity contribution in [1.82, 2.24) is 0 Å². The second-order valence-electron chi connectivity index (χ2n) is 7.17. The van der Waals surface area contributed by atoms with E-state index in [9.17, 15) is 5.11 Å². The second kappa shape index (κ2) is 3.25. The number of halogens is 1. The zero-order chi connectivity index (χ0) is 15.0. The minimum Gasteiger partial charge on any atom is -0.506 e. The van der Waals surface area contributed by atoms with Crippen molar-refractivity contribution in [3.05, 3.63) is 62.1 Å². The highest BCUT2D eigenvalue weighted by Gasteiger charge is 2.34. The molecule has 3 aliphatic rings. The molecule has 0 saturated heterocycles. The first-order chi connectivity index (χ1) is 11.2. The van der Waals surface area contributed by atoms with E-state index in [0.717, 1.165) is 29.3 Å². The summed E-state index contributed by atoms with van der Waals surface area (Å²) in [7, 11) is 0. The van der Waals surface area contributed by atoms with Gasteiger partial charge in [0.1, 0.15) is 5.75 Å². The Morgan fingerprint density at radius 1 is 0.609 bits per heavy atom. The number of rotatable bonds is 0. The van der Waals surface area contributed by atoms with Crippen molar-refractivity contribution < 1.29 is 5.11 Å². The zero-order valence-electron chi connectivity index (χ0n) is 12.3. The van der Waals surface area contributed by atoms with Crippen LogP contribution in [0.4, 0.5) is 0 Å². The molecule has 0 radical (unpaired) electrons. The zero-order valence-corrected chi connectivity index (χ0v) is 13.8. The third kappa shape index (κ3) is 1.00. The lowest BCUT2D eigenvalue weighted by molar-refractivity contribution is 0.467. The summed E-state index contributed by atoms with van der Waals surface area (Å²) in [5, 5.41) is 19.4. The molecule has 0 spiro atoms. The third-order valence-corrected chi connectivity index (χ3v) is 7.09. The van der Waals surface area contributed by atoms with Gasteiger partial charge in [-0.05, 0) is 88.9 Å². The highest BCUT2D eigenvalue weighted by Crippen LogP contribution is 2.56. The first-order valence-corrected chi connectivity index (χ1v) is 8.90. The highest BCUT2D eigenvalue weighted by molar-refractivity contribution is 9.10. The molecule has 108 valence electrons. The van der Waals surface area contributed by atoms with Crippen LogP contribution in [0, 0.1) is 0 Å². The predicted octanol–water partition coefficient (Wildman–Crippen LogP) is 5.33. The summed E-state index contributed by atoms with van der Waals surface area (Å²) in [6, 6.07) is 9.21. The Bertz CT molecular complexity index is 1200. The van der Waals surface area contributed by atoms with Crippen LogP contribution < -0.4 is 0 Å². The van der Waals surface area contributed by atoms with Crippen LogP contribution in [-0.2, 0) is 19.3 Å². The average Bonchev–Trinajstić information content (AvgIpc) is 3.21. The van der Waals surface area contributed by atoms with Gasteiger partial charge >= 0.3 is 0 Å². The lowest BCUT2D eigenvalue weighted by Gasteiger charge is -2.11. The van der Waals surface area contributed by atoms with Crippen molar-refractivity contribution in [1.29, 1.82) is 0 Å². The van der Waals surface area contributed by atoms with Crippen molar-refractivity contribution in [2.45, 2.75) is 19.3 Å².